The van der Waals surface area contributed by atoms with E-state index >= 15 is 0 Å². The highest BCUT2D eigenvalue weighted by Gasteiger charge is 2.55. The molecular weight excluding hydrogens is 383 g/mol. The number of cyclic esters (lactones) is 1. The molecule has 1 heterocycles. The molecule has 0 spiro atoms. The molecule has 0 amide bonds. The molecule has 8 heteroatoms. The van der Waals surface area contributed by atoms with Gasteiger partial charge in [0.25, 0.3) is 0 Å². The van der Waals surface area contributed by atoms with Crippen LogP contribution in [-0.2, 0) is 20.7 Å². The van der Waals surface area contributed by atoms with E-state index in [0.717, 1.165) is 37.7 Å². The summed E-state index contributed by atoms with van der Waals surface area (Å²) in [6.07, 6.45) is 1.98. The number of carboxylic acid groups (broad SMARTS) is 1. The van der Waals surface area contributed by atoms with Crippen molar-refractivity contribution in [3.63, 3.8) is 0 Å². The summed E-state index contributed by atoms with van der Waals surface area (Å²) < 4.78 is 5.01. The Hall–Kier alpha value is -1.34. The van der Waals surface area contributed by atoms with E-state index in [1.54, 1.807) is 6.07 Å². The van der Waals surface area contributed by atoms with Crippen LogP contribution in [0.5, 0.6) is 0 Å². The molecule has 1 aliphatic rings. The molecule has 26 heavy (non-hydrogen) atoms. The smallest absolute Gasteiger partial charge is 0.341 e. The fraction of sp³-hybridized carbons (Fsp3) is 0.556. The van der Waals surface area contributed by atoms with Crippen LogP contribution in [0.4, 0.5) is 0 Å². The largest absolute Gasteiger partial charge is 0.479 e. The molecule has 2 rings (SSSR count). The molecule has 144 valence electrons. The molecule has 1 aromatic carbocycles. The van der Waals surface area contributed by atoms with Crippen molar-refractivity contribution in [3.8, 4) is 0 Å². The Morgan fingerprint density at radius 2 is 1.96 bits per heavy atom. The highest BCUT2D eigenvalue weighted by molar-refractivity contribution is 6.35. The first-order chi connectivity index (χ1) is 12.2. The van der Waals surface area contributed by atoms with Gasteiger partial charge in [0.2, 0.25) is 5.60 Å². The summed E-state index contributed by atoms with van der Waals surface area (Å²) in [5.41, 5.74) is -1.31. The number of aliphatic hydroxyl groups excluding tert-OH is 1. The molecular formula is C18H22Cl2O6. The third-order valence-electron chi connectivity index (χ3n) is 4.59. The number of aryl methyl sites for hydroxylation is 1. The maximum absolute atomic E-state index is 11.7. The van der Waals surface area contributed by atoms with Gasteiger partial charge in [-0.2, -0.15) is 0 Å². The van der Waals surface area contributed by atoms with E-state index in [0.29, 0.717) is 16.5 Å². The topological polar surface area (TPSA) is 104 Å². The van der Waals surface area contributed by atoms with Crippen molar-refractivity contribution in [1.82, 2.24) is 0 Å². The third-order valence-corrected chi connectivity index (χ3v) is 5.18. The minimum absolute atomic E-state index is 0.209. The first kappa shape index (κ1) is 21.0. The monoisotopic (exact) mass is 404 g/mol. The second kappa shape index (κ2) is 9.04. The van der Waals surface area contributed by atoms with Crippen LogP contribution < -0.4 is 0 Å². The number of aliphatic carboxylic acids is 1. The lowest BCUT2D eigenvalue weighted by Gasteiger charge is -2.20. The van der Waals surface area contributed by atoms with Gasteiger partial charge in [0.05, 0.1) is 0 Å². The van der Waals surface area contributed by atoms with Gasteiger partial charge in [0.1, 0.15) is 6.10 Å². The van der Waals surface area contributed by atoms with Crippen LogP contribution in [0.25, 0.3) is 0 Å². The van der Waals surface area contributed by atoms with Crippen LogP contribution in [0, 0.1) is 0 Å². The van der Waals surface area contributed by atoms with E-state index in [1.807, 2.05) is 12.1 Å². The van der Waals surface area contributed by atoms with Crippen molar-refractivity contribution in [2.45, 2.75) is 62.8 Å². The number of benzene rings is 1. The summed E-state index contributed by atoms with van der Waals surface area (Å²) in [4.78, 5) is 22.5. The maximum atomic E-state index is 11.7. The first-order valence-electron chi connectivity index (χ1n) is 8.52. The van der Waals surface area contributed by atoms with Crippen LogP contribution in [0.15, 0.2) is 18.2 Å². The van der Waals surface area contributed by atoms with Gasteiger partial charge in [-0.05, 0) is 43.4 Å². The second-order valence-electron chi connectivity index (χ2n) is 6.59. The molecule has 0 bridgehead atoms. The predicted molar refractivity (Wildman–Crippen MR) is 96.3 cm³/mol. The van der Waals surface area contributed by atoms with Crippen molar-refractivity contribution in [2.75, 3.05) is 0 Å². The van der Waals surface area contributed by atoms with Crippen molar-refractivity contribution in [1.29, 1.82) is 0 Å². The molecule has 1 aromatic rings. The Morgan fingerprint density at radius 1 is 1.27 bits per heavy atom. The highest BCUT2D eigenvalue weighted by Crippen LogP contribution is 2.32. The van der Waals surface area contributed by atoms with E-state index in [1.165, 1.54) is 0 Å². The lowest BCUT2D eigenvalue weighted by Crippen LogP contribution is -2.50. The van der Waals surface area contributed by atoms with Gasteiger partial charge in [-0.25, -0.2) is 9.59 Å². The maximum Gasteiger partial charge on any atom is 0.341 e. The minimum Gasteiger partial charge on any atom is -0.479 e. The summed E-state index contributed by atoms with van der Waals surface area (Å²) in [7, 11) is 0. The number of ether oxygens (including phenoxy) is 1. The predicted octanol–water partition coefficient (Wildman–Crippen LogP) is 2.98. The Morgan fingerprint density at radius 3 is 2.62 bits per heavy atom. The molecule has 1 fully saturated rings. The highest BCUT2D eigenvalue weighted by atomic mass is 35.5. The average molecular weight is 405 g/mol. The van der Waals surface area contributed by atoms with E-state index in [-0.39, 0.29) is 6.42 Å². The molecule has 1 aliphatic heterocycles. The van der Waals surface area contributed by atoms with Crippen LogP contribution in [0.1, 0.15) is 44.1 Å². The standard InChI is InChI=1S/C18H22Cl2O6/c19-12-8-7-11(14(20)9-12)5-3-1-2-4-6-13-10-18(25,17(24)26-13)15(21)16(22)23/h7-9,13,15,21,25H,1-6,10H2,(H,22,23)/t13-,15?,18+/m1/s1. The summed E-state index contributed by atoms with van der Waals surface area (Å²) in [6.45, 7) is 0. The Labute approximate surface area is 161 Å². The molecule has 0 aliphatic carbocycles. The third kappa shape index (κ3) is 5.10. The van der Waals surface area contributed by atoms with Gasteiger partial charge in [0, 0.05) is 16.5 Å². The molecule has 3 atom stereocenters. The van der Waals surface area contributed by atoms with E-state index in [2.05, 4.69) is 0 Å². The zero-order valence-electron chi connectivity index (χ0n) is 14.2. The summed E-state index contributed by atoms with van der Waals surface area (Å²) in [6, 6.07) is 5.45. The van der Waals surface area contributed by atoms with Crippen molar-refractivity contribution >= 4 is 35.1 Å². The van der Waals surface area contributed by atoms with Gasteiger partial charge in [0.15, 0.2) is 6.10 Å². The number of hydrogen-bond donors (Lipinski definition) is 3. The fourth-order valence-electron chi connectivity index (χ4n) is 3.08. The van der Waals surface area contributed by atoms with Crippen LogP contribution in [-0.4, -0.2) is 45.1 Å². The normalized spacial score (nSPS) is 23.7. The van der Waals surface area contributed by atoms with Gasteiger partial charge < -0.3 is 20.1 Å². The quantitative estimate of drug-likeness (QED) is 0.431. The van der Waals surface area contributed by atoms with Gasteiger partial charge >= 0.3 is 11.9 Å². The van der Waals surface area contributed by atoms with Crippen LogP contribution >= 0.6 is 23.2 Å². The number of halogens is 2. The van der Waals surface area contributed by atoms with Gasteiger partial charge in [-0.3, -0.25) is 0 Å². The SMILES string of the molecule is O=C(O)C(O)[C@@]1(O)C[C@@H](CCCCCCc2ccc(Cl)cc2Cl)OC1=O. The van der Waals surface area contributed by atoms with Crippen LogP contribution in [0.3, 0.4) is 0 Å². The van der Waals surface area contributed by atoms with Gasteiger partial charge in [-0.1, -0.05) is 42.1 Å². The molecule has 3 N–H and O–H groups in total. The van der Waals surface area contributed by atoms with Crippen LogP contribution in [0.2, 0.25) is 10.0 Å². The number of esters is 1. The summed E-state index contributed by atoms with van der Waals surface area (Å²) in [5.74, 6) is -2.72. The first-order valence-corrected chi connectivity index (χ1v) is 9.28. The molecule has 0 aromatic heterocycles. The van der Waals surface area contributed by atoms with Gasteiger partial charge in [-0.15, -0.1) is 0 Å². The number of carbonyl (C=O) groups excluding carboxylic acids is 1. The molecule has 1 saturated heterocycles. The zero-order chi connectivity index (χ0) is 19.3. The number of carbonyl (C=O) groups is 2. The number of aliphatic hydroxyl groups is 2. The number of hydrogen-bond acceptors (Lipinski definition) is 5. The fourth-order valence-corrected chi connectivity index (χ4v) is 3.58. The Kier molecular flexibility index (Phi) is 7.29. The molecule has 0 saturated carbocycles. The number of unbranched alkanes of at least 4 members (excludes halogenated alkanes) is 3. The number of carboxylic acids is 1. The Bertz CT molecular complexity index is 665. The van der Waals surface area contributed by atoms with Crippen molar-refractivity contribution in [3.05, 3.63) is 33.8 Å². The number of rotatable bonds is 9. The van der Waals surface area contributed by atoms with E-state index in [4.69, 9.17) is 33.0 Å². The minimum atomic E-state index is -2.36. The summed E-state index contributed by atoms with van der Waals surface area (Å²) in [5, 5.41) is 29.6. The molecule has 0 radical (unpaired) electrons. The zero-order valence-corrected chi connectivity index (χ0v) is 15.7. The average Bonchev–Trinajstić information content (AvgIpc) is 2.87. The second-order valence-corrected chi connectivity index (χ2v) is 7.43. The lowest BCUT2D eigenvalue weighted by atomic mass is 9.91. The van der Waals surface area contributed by atoms with Crippen molar-refractivity contribution in [2.24, 2.45) is 0 Å². The van der Waals surface area contributed by atoms with Crippen molar-refractivity contribution < 1.29 is 29.6 Å². The molecule has 6 nitrogen and oxygen atoms in total. The summed E-state index contributed by atoms with van der Waals surface area (Å²) >= 11 is 12.0. The lowest BCUT2D eigenvalue weighted by molar-refractivity contribution is -0.176. The van der Waals surface area contributed by atoms with E-state index in [9.17, 15) is 19.8 Å². The Balaban J connectivity index is 1.67. The van der Waals surface area contributed by atoms with E-state index < -0.39 is 29.7 Å². The molecule has 1 unspecified atom stereocenters.